The monoisotopic (exact) mass is 610 g/mol. The van der Waals surface area contributed by atoms with Gasteiger partial charge in [-0.25, -0.2) is 15.0 Å². The molecule has 0 radical (unpaired) electrons. The smallest absolute Gasteiger partial charge is 0.164 e. The molecule has 2 aromatic heterocycles. The van der Waals surface area contributed by atoms with Crippen LogP contribution in [-0.4, -0.2) is 28.0 Å². The van der Waals surface area contributed by atoms with Crippen LogP contribution in [0.15, 0.2) is 152 Å². The van der Waals surface area contributed by atoms with E-state index in [1.54, 1.807) is 0 Å². The van der Waals surface area contributed by atoms with E-state index in [1.807, 2.05) is 66.9 Å². The summed E-state index contributed by atoms with van der Waals surface area (Å²) in [6.07, 6.45) is 2.01. The van der Waals surface area contributed by atoms with Gasteiger partial charge in [-0.2, -0.15) is 0 Å². The van der Waals surface area contributed by atoms with Gasteiger partial charge in [0.25, 0.3) is 0 Å². The number of benzene rings is 5. The van der Waals surface area contributed by atoms with Gasteiger partial charge in [0.15, 0.2) is 17.5 Å². The third-order valence-electron chi connectivity index (χ3n) is 8.10. The third kappa shape index (κ3) is 6.32. The van der Waals surface area contributed by atoms with E-state index in [1.165, 1.54) is 22.0 Å². The second-order valence-electron chi connectivity index (χ2n) is 12.5. The molecule has 0 N–H and O–H groups in total. The Morgan fingerprint density at radius 3 is 1.22 bits per heavy atom. The van der Waals surface area contributed by atoms with Crippen LogP contribution >= 0.6 is 0 Å². The maximum Gasteiger partial charge on any atom is 0.164 e. The molecule has 0 aliphatic carbocycles. The highest BCUT2D eigenvalue weighted by atomic mass is 28.3. The Morgan fingerprint density at radius 2 is 0.739 bits per heavy atom. The normalized spacial score (nSPS) is 11.4. The Bertz CT molecular complexity index is 2050. The molecule has 4 nitrogen and oxygen atoms in total. The van der Waals surface area contributed by atoms with Crippen molar-refractivity contribution in [1.82, 2.24) is 19.9 Å². The van der Waals surface area contributed by atoms with Gasteiger partial charge >= 0.3 is 0 Å². The first kappa shape index (κ1) is 29.2. The molecule has 0 spiro atoms. The third-order valence-corrected chi connectivity index (χ3v) is 9.93. The van der Waals surface area contributed by atoms with Crippen molar-refractivity contribution >= 4 is 13.4 Å². The fraction of sp³-hybridized carbons (Fsp3) is 0.0732. The van der Waals surface area contributed by atoms with E-state index < -0.39 is 8.07 Å². The van der Waals surface area contributed by atoms with Gasteiger partial charge in [0.1, 0.15) is 8.07 Å². The Hall–Kier alpha value is -5.52. The van der Waals surface area contributed by atoms with Crippen LogP contribution < -0.4 is 5.32 Å². The highest BCUT2D eigenvalue weighted by molar-refractivity contribution is 6.88. The van der Waals surface area contributed by atoms with Gasteiger partial charge in [-0.15, -0.1) is 0 Å². The van der Waals surface area contributed by atoms with Crippen LogP contribution in [0.5, 0.6) is 0 Å². The van der Waals surface area contributed by atoms with Crippen LogP contribution in [0, 0.1) is 0 Å². The summed E-state index contributed by atoms with van der Waals surface area (Å²) in [5, 5.41) is 1.23. The minimum Gasteiger partial charge on any atom is -0.265 e. The van der Waals surface area contributed by atoms with Gasteiger partial charge in [-0.1, -0.05) is 147 Å². The first-order valence-corrected chi connectivity index (χ1v) is 19.1. The van der Waals surface area contributed by atoms with Crippen LogP contribution in [0.1, 0.15) is 0 Å². The zero-order valence-corrected chi connectivity index (χ0v) is 27.2. The highest BCUT2D eigenvalue weighted by Gasteiger charge is 2.18. The van der Waals surface area contributed by atoms with Crippen LogP contribution in [0.2, 0.25) is 19.6 Å². The first-order valence-electron chi connectivity index (χ1n) is 15.6. The minimum absolute atomic E-state index is 0.647. The molecule has 7 rings (SSSR count). The summed E-state index contributed by atoms with van der Waals surface area (Å²) in [6, 6.07) is 50.4. The highest BCUT2D eigenvalue weighted by Crippen LogP contribution is 2.31. The maximum atomic E-state index is 4.92. The Balaban J connectivity index is 1.20. The zero-order chi connectivity index (χ0) is 31.5. The summed E-state index contributed by atoms with van der Waals surface area (Å²) in [4.78, 5) is 19.5. The van der Waals surface area contributed by atoms with E-state index in [0.29, 0.717) is 17.5 Å². The summed E-state index contributed by atoms with van der Waals surface area (Å²) in [7, 11) is -1.42. The molecule has 0 amide bonds. The lowest BCUT2D eigenvalue weighted by atomic mass is 9.96. The number of hydrogen-bond donors (Lipinski definition) is 0. The van der Waals surface area contributed by atoms with Gasteiger partial charge in [0.05, 0.1) is 0 Å². The van der Waals surface area contributed by atoms with Crippen molar-refractivity contribution in [2.24, 2.45) is 0 Å². The summed E-state index contributed by atoms with van der Waals surface area (Å²) in [5.74, 6) is 1.96. The van der Waals surface area contributed by atoms with Crippen molar-refractivity contribution < 1.29 is 0 Å². The molecule has 0 saturated carbocycles. The van der Waals surface area contributed by atoms with Crippen molar-refractivity contribution in [1.29, 1.82) is 0 Å². The second kappa shape index (κ2) is 12.5. The fourth-order valence-electron chi connectivity index (χ4n) is 5.52. The SMILES string of the molecule is C[Si](C)(C)c1ccc(-c2ccc(-c3cccc(-c4cccc(-c5nc(-c6ccccc6)nc(-c6ccccc6)n5)c4)c3)cc2)cn1. The first-order chi connectivity index (χ1) is 22.4. The predicted molar refractivity (Wildman–Crippen MR) is 193 cm³/mol. The summed E-state index contributed by atoms with van der Waals surface area (Å²) in [5.41, 5.74) is 9.74. The summed E-state index contributed by atoms with van der Waals surface area (Å²) >= 11 is 0. The molecule has 222 valence electrons. The van der Waals surface area contributed by atoms with Crippen LogP contribution in [0.3, 0.4) is 0 Å². The molecule has 2 heterocycles. The quantitative estimate of drug-likeness (QED) is 0.169. The van der Waals surface area contributed by atoms with E-state index in [4.69, 9.17) is 19.9 Å². The molecule has 5 heteroatoms. The summed E-state index contributed by atoms with van der Waals surface area (Å²) < 4.78 is 0. The van der Waals surface area contributed by atoms with Crippen molar-refractivity contribution in [2.45, 2.75) is 19.6 Å². The molecular weight excluding hydrogens is 577 g/mol. The molecule has 0 aliphatic rings. The predicted octanol–water partition coefficient (Wildman–Crippen LogP) is 9.81. The van der Waals surface area contributed by atoms with Crippen LogP contribution in [0.25, 0.3) is 67.5 Å². The fourth-order valence-corrected chi connectivity index (χ4v) is 6.55. The van der Waals surface area contributed by atoms with Crippen LogP contribution in [0.4, 0.5) is 0 Å². The Morgan fingerprint density at radius 1 is 0.348 bits per heavy atom. The van der Waals surface area contributed by atoms with Crippen molar-refractivity contribution in [2.75, 3.05) is 0 Å². The molecular formula is C41H34N4Si. The Labute approximate surface area is 271 Å². The lowest BCUT2D eigenvalue weighted by Gasteiger charge is -2.15. The lowest BCUT2D eigenvalue weighted by molar-refractivity contribution is 1.07. The lowest BCUT2D eigenvalue weighted by Crippen LogP contribution is -2.39. The molecule has 5 aromatic carbocycles. The number of nitrogens with zero attached hydrogens (tertiary/aromatic N) is 4. The average Bonchev–Trinajstić information content (AvgIpc) is 3.12. The van der Waals surface area contributed by atoms with Gasteiger partial charge in [0.2, 0.25) is 0 Å². The number of aromatic nitrogens is 4. The van der Waals surface area contributed by atoms with Crippen molar-refractivity contribution in [3.05, 3.63) is 152 Å². The van der Waals surface area contributed by atoms with Gasteiger partial charge in [0, 0.05) is 28.2 Å². The average molecular weight is 611 g/mol. The molecule has 0 bridgehead atoms. The number of hydrogen-bond acceptors (Lipinski definition) is 4. The van der Waals surface area contributed by atoms with E-state index in [-0.39, 0.29) is 0 Å². The molecule has 0 saturated heterocycles. The summed E-state index contributed by atoms with van der Waals surface area (Å²) in [6.45, 7) is 6.97. The molecule has 46 heavy (non-hydrogen) atoms. The van der Waals surface area contributed by atoms with E-state index >= 15 is 0 Å². The van der Waals surface area contributed by atoms with E-state index in [0.717, 1.165) is 33.4 Å². The molecule has 0 atom stereocenters. The largest absolute Gasteiger partial charge is 0.265 e. The molecule has 0 fully saturated rings. The van der Waals surface area contributed by atoms with Crippen molar-refractivity contribution in [3.8, 4) is 67.5 Å². The molecule has 0 unspecified atom stereocenters. The topological polar surface area (TPSA) is 51.6 Å². The second-order valence-corrected chi connectivity index (χ2v) is 17.5. The maximum absolute atomic E-state index is 4.92. The minimum atomic E-state index is -1.42. The van der Waals surface area contributed by atoms with E-state index in [2.05, 4.69) is 105 Å². The van der Waals surface area contributed by atoms with Crippen molar-refractivity contribution in [3.63, 3.8) is 0 Å². The van der Waals surface area contributed by atoms with Gasteiger partial charge in [-0.05, 0) is 51.6 Å². The molecule has 0 aliphatic heterocycles. The molecule has 7 aromatic rings. The van der Waals surface area contributed by atoms with Crippen LogP contribution in [-0.2, 0) is 0 Å². The standard InChI is InChI=1S/C41H34N4Si/c1-46(2,3)38-25-24-37(28-42-38)30-22-20-29(21-23-30)33-16-10-17-34(26-33)35-18-11-19-36(27-35)41-44-39(31-12-6-4-7-13-31)43-40(45-41)32-14-8-5-9-15-32/h4-28H,1-3H3. The number of rotatable bonds is 7. The van der Waals surface area contributed by atoms with Gasteiger partial charge in [-0.3, -0.25) is 4.98 Å². The number of pyridine rings is 1. The Kier molecular flexibility index (Phi) is 7.91. The van der Waals surface area contributed by atoms with E-state index in [9.17, 15) is 0 Å². The zero-order valence-electron chi connectivity index (χ0n) is 26.2. The van der Waals surface area contributed by atoms with Gasteiger partial charge < -0.3 is 0 Å².